The van der Waals surface area contributed by atoms with E-state index in [9.17, 15) is 9.59 Å². The Morgan fingerprint density at radius 2 is 1.85 bits per heavy atom. The number of rotatable bonds is 4. The molecule has 0 atom stereocenters. The smallest absolute Gasteiger partial charge is 0.325 e. The summed E-state index contributed by atoms with van der Waals surface area (Å²) >= 11 is 0. The molecule has 2 fully saturated rings. The first-order valence-electron chi connectivity index (χ1n) is 8.73. The molecule has 0 radical (unpaired) electrons. The van der Waals surface area contributed by atoms with Crippen LogP contribution in [0.3, 0.4) is 0 Å². The normalized spacial score (nSPS) is 19.1. The summed E-state index contributed by atoms with van der Waals surface area (Å²) in [6, 6.07) is 5.27. The molecule has 2 aliphatic heterocycles. The molecule has 0 bridgehead atoms. The molecule has 1 spiro atoms. The van der Waals surface area contributed by atoms with Crippen molar-refractivity contribution in [1.29, 1.82) is 0 Å². The molecule has 2 aliphatic rings. The number of anilines is 1. The summed E-state index contributed by atoms with van der Waals surface area (Å²) < 4.78 is 0. The van der Waals surface area contributed by atoms with Gasteiger partial charge < -0.3 is 10.2 Å². The van der Waals surface area contributed by atoms with E-state index in [0.29, 0.717) is 44.8 Å². The molecule has 8 heteroatoms. The molecule has 8 nitrogen and oxygen atoms in total. The van der Waals surface area contributed by atoms with E-state index in [-0.39, 0.29) is 11.9 Å². The number of piperidine rings is 1. The number of nitrogens with zero attached hydrogens (tertiary/aromatic N) is 5. The van der Waals surface area contributed by atoms with Gasteiger partial charge in [0.25, 0.3) is 5.91 Å². The molecule has 4 heterocycles. The Labute approximate surface area is 151 Å². The van der Waals surface area contributed by atoms with Crippen LogP contribution < -0.4 is 10.2 Å². The summed E-state index contributed by atoms with van der Waals surface area (Å²) in [4.78, 5) is 41.3. The minimum Gasteiger partial charge on any atom is -0.341 e. The third-order valence-corrected chi connectivity index (χ3v) is 5.04. The lowest BCUT2D eigenvalue weighted by atomic mass is 9.87. The number of urea groups is 1. The first kappa shape index (κ1) is 16.4. The fourth-order valence-corrected chi connectivity index (χ4v) is 3.55. The molecule has 0 aromatic carbocycles. The maximum atomic E-state index is 12.9. The molecule has 0 aliphatic carbocycles. The van der Waals surface area contributed by atoms with Crippen LogP contribution in [0.15, 0.2) is 43.0 Å². The van der Waals surface area contributed by atoms with E-state index >= 15 is 0 Å². The average molecular weight is 352 g/mol. The molecule has 3 amide bonds. The van der Waals surface area contributed by atoms with Gasteiger partial charge in [-0.25, -0.2) is 14.8 Å². The van der Waals surface area contributed by atoms with E-state index in [4.69, 9.17) is 0 Å². The van der Waals surface area contributed by atoms with E-state index < -0.39 is 5.54 Å². The van der Waals surface area contributed by atoms with Crippen molar-refractivity contribution in [2.45, 2.75) is 24.8 Å². The van der Waals surface area contributed by atoms with Crippen molar-refractivity contribution < 1.29 is 9.59 Å². The SMILES string of the molecule is O=C1NC2(CCN(c3ncccn3)CC2)C(=O)N1CCc1cccnc1. The van der Waals surface area contributed by atoms with Gasteiger partial charge in [0.05, 0.1) is 0 Å². The summed E-state index contributed by atoms with van der Waals surface area (Å²) in [6.45, 7) is 1.63. The van der Waals surface area contributed by atoms with Gasteiger partial charge in [-0.2, -0.15) is 0 Å². The van der Waals surface area contributed by atoms with E-state index in [1.54, 1.807) is 30.9 Å². The van der Waals surface area contributed by atoms with Crippen molar-refractivity contribution in [3.8, 4) is 0 Å². The van der Waals surface area contributed by atoms with Crippen LogP contribution >= 0.6 is 0 Å². The molecule has 0 saturated carbocycles. The van der Waals surface area contributed by atoms with Crippen LogP contribution in [0.25, 0.3) is 0 Å². The van der Waals surface area contributed by atoms with Gasteiger partial charge in [0.1, 0.15) is 5.54 Å². The summed E-state index contributed by atoms with van der Waals surface area (Å²) in [5, 5.41) is 2.93. The zero-order valence-electron chi connectivity index (χ0n) is 14.3. The summed E-state index contributed by atoms with van der Waals surface area (Å²) in [6.07, 6.45) is 8.58. The Kier molecular flexibility index (Phi) is 4.24. The highest BCUT2D eigenvalue weighted by atomic mass is 16.2. The maximum Gasteiger partial charge on any atom is 0.325 e. The molecular weight excluding hydrogens is 332 g/mol. The Morgan fingerprint density at radius 1 is 1.08 bits per heavy atom. The van der Waals surface area contributed by atoms with Crippen LogP contribution in [0, 0.1) is 0 Å². The third-order valence-electron chi connectivity index (χ3n) is 5.04. The fourth-order valence-electron chi connectivity index (χ4n) is 3.55. The lowest BCUT2D eigenvalue weighted by Gasteiger charge is -2.37. The highest BCUT2D eigenvalue weighted by Gasteiger charge is 2.52. The Morgan fingerprint density at radius 3 is 2.54 bits per heavy atom. The number of hydrogen-bond acceptors (Lipinski definition) is 6. The van der Waals surface area contributed by atoms with Crippen LogP contribution in [0.1, 0.15) is 18.4 Å². The average Bonchev–Trinajstić information content (AvgIpc) is 2.92. The van der Waals surface area contributed by atoms with E-state index in [2.05, 4.69) is 20.3 Å². The maximum absolute atomic E-state index is 12.9. The predicted molar refractivity (Wildman–Crippen MR) is 94.4 cm³/mol. The van der Waals surface area contributed by atoms with Crippen LogP contribution in [-0.2, 0) is 11.2 Å². The molecular formula is C18H20N6O2. The highest BCUT2D eigenvalue weighted by Crippen LogP contribution is 2.30. The predicted octanol–water partition coefficient (Wildman–Crippen LogP) is 1.01. The summed E-state index contributed by atoms with van der Waals surface area (Å²) in [5.74, 6) is 0.535. The van der Waals surface area contributed by atoms with Gasteiger partial charge in [0, 0.05) is 44.4 Å². The highest BCUT2D eigenvalue weighted by molar-refractivity contribution is 6.07. The molecule has 2 saturated heterocycles. The molecule has 2 aromatic rings. The first-order chi connectivity index (χ1) is 12.7. The zero-order valence-corrected chi connectivity index (χ0v) is 14.3. The second-order valence-electron chi connectivity index (χ2n) is 6.62. The number of imide groups is 1. The second kappa shape index (κ2) is 6.70. The molecule has 1 N–H and O–H groups in total. The molecule has 0 unspecified atom stereocenters. The number of carbonyl (C=O) groups excluding carboxylic acids is 2. The van der Waals surface area contributed by atoms with E-state index in [1.807, 2.05) is 17.0 Å². The van der Waals surface area contributed by atoms with Crippen LogP contribution in [0.4, 0.5) is 10.7 Å². The van der Waals surface area contributed by atoms with Gasteiger partial charge in [-0.15, -0.1) is 0 Å². The standard InChI is InChI=1S/C18H20N6O2/c25-15-18(5-11-23(12-6-18)16-20-8-2-9-21-16)22-17(26)24(15)10-4-14-3-1-7-19-13-14/h1-3,7-9,13H,4-6,10-12H2,(H,22,26). The minimum atomic E-state index is -0.794. The second-order valence-corrected chi connectivity index (χ2v) is 6.62. The number of hydrogen-bond donors (Lipinski definition) is 1. The van der Waals surface area contributed by atoms with Crippen molar-refractivity contribution in [1.82, 2.24) is 25.2 Å². The lowest BCUT2D eigenvalue weighted by Crippen LogP contribution is -2.55. The van der Waals surface area contributed by atoms with Gasteiger partial charge >= 0.3 is 6.03 Å². The third kappa shape index (κ3) is 2.98. The first-order valence-corrected chi connectivity index (χ1v) is 8.73. The Hall–Kier alpha value is -3.03. The van der Waals surface area contributed by atoms with Gasteiger partial charge in [-0.3, -0.25) is 14.7 Å². The van der Waals surface area contributed by atoms with E-state index in [1.165, 1.54) is 4.90 Å². The minimum absolute atomic E-state index is 0.125. The van der Waals surface area contributed by atoms with Gasteiger partial charge in [0.2, 0.25) is 5.95 Å². The fraction of sp³-hybridized carbons (Fsp3) is 0.389. The monoisotopic (exact) mass is 352 g/mol. The number of amides is 3. The van der Waals surface area contributed by atoms with Crippen molar-refractivity contribution >= 4 is 17.9 Å². The lowest BCUT2D eigenvalue weighted by molar-refractivity contribution is -0.132. The van der Waals surface area contributed by atoms with Crippen LogP contribution in [-0.4, -0.2) is 57.0 Å². The zero-order chi connectivity index (χ0) is 18.0. The largest absolute Gasteiger partial charge is 0.341 e. The molecule has 26 heavy (non-hydrogen) atoms. The topological polar surface area (TPSA) is 91.3 Å². The van der Waals surface area contributed by atoms with Gasteiger partial charge in [-0.1, -0.05) is 6.07 Å². The summed E-state index contributed by atoms with van der Waals surface area (Å²) in [7, 11) is 0. The Bertz CT molecular complexity index is 790. The van der Waals surface area contributed by atoms with Crippen LogP contribution in [0.5, 0.6) is 0 Å². The van der Waals surface area contributed by atoms with Crippen molar-refractivity contribution in [3.05, 3.63) is 48.5 Å². The number of aromatic nitrogens is 3. The molecule has 2 aromatic heterocycles. The summed E-state index contributed by atoms with van der Waals surface area (Å²) in [5.41, 5.74) is 0.210. The number of nitrogens with one attached hydrogen (secondary N) is 1. The van der Waals surface area contributed by atoms with Crippen molar-refractivity contribution in [2.24, 2.45) is 0 Å². The van der Waals surface area contributed by atoms with Gasteiger partial charge in [-0.05, 0) is 37.0 Å². The van der Waals surface area contributed by atoms with Crippen molar-refractivity contribution in [3.63, 3.8) is 0 Å². The Balaban J connectivity index is 1.41. The molecule has 4 rings (SSSR count). The van der Waals surface area contributed by atoms with Crippen molar-refractivity contribution in [2.75, 3.05) is 24.5 Å². The van der Waals surface area contributed by atoms with Gasteiger partial charge in [0.15, 0.2) is 0 Å². The quantitative estimate of drug-likeness (QED) is 0.826. The number of pyridine rings is 1. The van der Waals surface area contributed by atoms with Crippen LogP contribution in [0.2, 0.25) is 0 Å². The van der Waals surface area contributed by atoms with E-state index in [0.717, 1.165) is 5.56 Å². The molecule has 134 valence electrons. The number of carbonyl (C=O) groups is 2.